The first-order valence-electron chi connectivity index (χ1n) is 5.62. The molecule has 0 amide bonds. The highest BCUT2D eigenvalue weighted by atomic mass is 32.2. The summed E-state index contributed by atoms with van der Waals surface area (Å²) < 4.78 is 26.0. The molecule has 1 aromatic heterocycles. The minimum absolute atomic E-state index is 0.203. The van der Waals surface area contributed by atoms with Gasteiger partial charge in [0.2, 0.25) is 10.0 Å². The lowest BCUT2D eigenvalue weighted by Crippen LogP contribution is -2.33. The second kappa shape index (κ2) is 6.12. The molecule has 0 spiro atoms. The van der Waals surface area contributed by atoms with Crippen LogP contribution in [0.3, 0.4) is 0 Å². The minimum Gasteiger partial charge on any atom is -0.387 e. The Morgan fingerprint density at radius 2 is 1.94 bits per heavy atom. The van der Waals surface area contributed by atoms with Crippen molar-refractivity contribution in [2.75, 3.05) is 46.6 Å². The Labute approximate surface area is 109 Å². The van der Waals surface area contributed by atoms with Gasteiger partial charge in [-0.05, 0) is 20.2 Å². The third kappa shape index (κ3) is 3.41. The van der Waals surface area contributed by atoms with E-state index < -0.39 is 10.0 Å². The van der Waals surface area contributed by atoms with Crippen molar-refractivity contribution < 1.29 is 8.42 Å². The van der Waals surface area contributed by atoms with Crippen molar-refractivity contribution in [3.63, 3.8) is 0 Å². The summed E-state index contributed by atoms with van der Waals surface area (Å²) >= 11 is 0. The van der Waals surface area contributed by atoms with Crippen LogP contribution in [-0.4, -0.2) is 63.9 Å². The monoisotopic (exact) mass is 272 g/mol. The van der Waals surface area contributed by atoms with Gasteiger partial charge in [-0.1, -0.05) is 0 Å². The van der Waals surface area contributed by atoms with Crippen LogP contribution in [0.1, 0.15) is 0 Å². The molecule has 102 valence electrons. The van der Waals surface area contributed by atoms with Crippen LogP contribution in [0.4, 0.5) is 5.69 Å². The van der Waals surface area contributed by atoms with Crippen LogP contribution in [-0.2, 0) is 10.0 Å². The number of pyridine rings is 1. The van der Waals surface area contributed by atoms with Gasteiger partial charge in [0, 0.05) is 39.6 Å². The second-order valence-corrected chi connectivity index (χ2v) is 6.26. The first kappa shape index (κ1) is 14.9. The molecular formula is C11H20N4O2S. The number of nitrogens with one attached hydrogen (secondary N) is 1. The maximum absolute atomic E-state index is 12.4. The van der Waals surface area contributed by atoms with Crippen molar-refractivity contribution in [2.45, 2.75) is 4.90 Å². The van der Waals surface area contributed by atoms with Gasteiger partial charge >= 0.3 is 0 Å². The number of rotatable bonds is 6. The molecule has 7 heteroatoms. The number of hydrogen-bond donors (Lipinski definition) is 1. The van der Waals surface area contributed by atoms with Gasteiger partial charge in [-0.15, -0.1) is 0 Å². The summed E-state index contributed by atoms with van der Waals surface area (Å²) in [5, 5.41) is 2.87. The molecule has 1 rings (SSSR count). The molecule has 0 aliphatic heterocycles. The number of likely N-dealkylation sites (N-methyl/N-ethyl adjacent to an activating group) is 2. The van der Waals surface area contributed by atoms with Crippen molar-refractivity contribution in [2.24, 2.45) is 0 Å². The van der Waals surface area contributed by atoms with Gasteiger partial charge in [0.25, 0.3) is 0 Å². The fraction of sp³-hybridized carbons (Fsp3) is 0.545. The van der Waals surface area contributed by atoms with Crippen molar-refractivity contribution in [3.8, 4) is 0 Å². The summed E-state index contributed by atoms with van der Waals surface area (Å²) in [7, 11) is 3.58. The average Bonchev–Trinajstić information content (AvgIpc) is 2.35. The van der Waals surface area contributed by atoms with Crippen LogP contribution in [0.5, 0.6) is 0 Å². The van der Waals surface area contributed by atoms with Crippen LogP contribution in [0.2, 0.25) is 0 Å². The Kier molecular flexibility index (Phi) is 5.06. The Bertz CT molecular complexity index is 488. The molecule has 0 bridgehead atoms. The third-order valence-corrected chi connectivity index (χ3v) is 4.49. The van der Waals surface area contributed by atoms with E-state index in [1.54, 1.807) is 26.4 Å². The van der Waals surface area contributed by atoms with Gasteiger partial charge in [-0.25, -0.2) is 8.42 Å². The van der Waals surface area contributed by atoms with E-state index in [9.17, 15) is 8.42 Å². The molecule has 0 saturated heterocycles. The molecule has 0 aromatic carbocycles. The van der Waals surface area contributed by atoms with Gasteiger partial charge in [-0.3, -0.25) is 4.98 Å². The maximum Gasteiger partial charge on any atom is 0.246 e. The Balaban J connectivity index is 2.98. The summed E-state index contributed by atoms with van der Waals surface area (Å²) in [6, 6.07) is 1.65. The number of aromatic nitrogens is 1. The third-order valence-electron chi connectivity index (χ3n) is 2.60. The molecule has 0 saturated carbocycles. The lowest BCUT2D eigenvalue weighted by molar-refractivity contribution is 0.358. The van der Waals surface area contributed by atoms with Crippen LogP contribution in [0, 0.1) is 0 Å². The second-order valence-electron chi connectivity index (χ2n) is 4.25. The molecule has 0 unspecified atom stereocenters. The molecule has 1 N–H and O–H groups in total. The van der Waals surface area contributed by atoms with E-state index in [4.69, 9.17) is 0 Å². The van der Waals surface area contributed by atoms with E-state index in [0.29, 0.717) is 18.8 Å². The summed E-state index contributed by atoms with van der Waals surface area (Å²) in [5.41, 5.74) is 0.557. The van der Waals surface area contributed by atoms with Crippen molar-refractivity contribution >= 4 is 15.7 Å². The smallest absolute Gasteiger partial charge is 0.246 e. The molecule has 0 fully saturated rings. The quantitative estimate of drug-likeness (QED) is 0.807. The van der Waals surface area contributed by atoms with Gasteiger partial charge in [0.1, 0.15) is 4.90 Å². The molecule has 0 aliphatic carbocycles. The maximum atomic E-state index is 12.4. The topological polar surface area (TPSA) is 65.5 Å². The zero-order valence-corrected chi connectivity index (χ0v) is 12.0. The fourth-order valence-electron chi connectivity index (χ4n) is 1.42. The Morgan fingerprint density at radius 1 is 1.28 bits per heavy atom. The van der Waals surface area contributed by atoms with Crippen LogP contribution in [0.25, 0.3) is 0 Å². The summed E-state index contributed by atoms with van der Waals surface area (Å²) in [5.74, 6) is 0. The molecular weight excluding hydrogens is 252 g/mol. The van der Waals surface area contributed by atoms with Crippen LogP contribution in [0.15, 0.2) is 23.4 Å². The number of anilines is 1. The normalized spacial score (nSPS) is 12.1. The molecule has 1 heterocycles. The lowest BCUT2D eigenvalue weighted by Gasteiger charge is -2.20. The van der Waals surface area contributed by atoms with Gasteiger partial charge in [0.15, 0.2) is 0 Å². The predicted molar refractivity (Wildman–Crippen MR) is 72.2 cm³/mol. The highest BCUT2D eigenvalue weighted by Crippen LogP contribution is 2.21. The van der Waals surface area contributed by atoms with Crippen molar-refractivity contribution in [1.82, 2.24) is 14.2 Å². The van der Waals surface area contributed by atoms with E-state index in [0.717, 1.165) is 0 Å². The van der Waals surface area contributed by atoms with Crippen molar-refractivity contribution in [1.29, 1.82) is 0 Å². The molecule has 1 aromatic rings. The predicted octanol–water partition coefficient (Wildman–Crippen LogP) is 0.305. The van der Waals surface area contributed by atoms with E-state index in [1.165, 1.54) is 10.5 Å². The Hall–Kier alpha value is -1.18. The molecule has 0 atom stereocenters. The SMILES string of the molecule is CNc1ccncc1S(=O)(=O)N(C)CCN(C)C. The van der Waals surface area contributed by atoms with E-state index >= 15 is 0 Å². The van der Waals surface area contributed by atoms with E-state index in [2.05, 4.69) is 10.3 Å². The highest BCUT2D eigenvalue weighted by Gasteiger charge is 2.23. The summed E-state index contributed by atoms with van der Waals surface area (Å²) in [6.45, 7) is 1.11. The van der Waals surface area contributed by atoms with E-state index in [-0.39, 0.29) is 4.90 Å². The zero-order valence-electron chi connectivity index (χ0n) is 11.2. The number of sulfonamides is 1. The lowest BCUT2D eigenvalue weighted by atomic mass is 10.4. The van der Waals surface area contributed by atoms with Crippen molar-refractivity contribution in [3.05, 3.63) is 18.5 Å². The standard InChI is InChI=1S/C11H20N4O2S/c1-12-10-5-6-13-9-11(10)18(16,17)15(4)8-7-14(2)3/h5-6,9H,7-8H2,1-4H3,(H,12,13). The van der Waals surface area contributed by atoms with E-state index in [1.807, 2.05) is 19.0 Å². The zero-order chi connectivity index (χ0) is 13.8. The Morgan fingerprint density at radius 3 is 2.50 bits per heavy atom. The number of hydrogen-bond acceptors (Lipinski definition) is 5. The minimum atomic E-state index is -3.50. The number of nitrogens with zero attached hydrogens (tertiary/aromatic N) is 3. The van der Waals surface area contributed by atoms with Crippen LogP contribution < -0.4 is 5.32 Å². The van der Waals surface area contributed by atoms with Gasteiger partial charge < -0.3 is 10.2 Å². The van der Waals surface area contributed by atoms with Gasteiger partial charge in [-0.2, -0.15) is 4.31 Å². The van der Waals surface area contributed by atoms with Gasteiger partial charge in [0.05, 0.1) is 5.69 Å². The highest BCUT2D eigenvalue weighted by molar-refractivity contribution is 7.89. The first-order chi connectivity index (χ1) is 8.39. The largest absolute Gasteiger partial charge is 0.387 e. The van der Waals surface area contributed by atoms with Crippen LogP contribution >= 0.6 is 0 Å². The average molecular weight is 272 g/mol. The first-order valence-corrected chi connectivity index (χ1v) is 7.06. The summed E-state index contributed by atoms with van der Waals surface area (Å²) in [6.07, 6.45) is 2.93. The molecule has 0 aliphatic rings. The molecule has 0 radical (unpaired) electrons. The summed E-state index contributed by atoms with van der Waals surface area (Å²) in [4.78, 5) is 6.02. The molecule has 18 heavy (non-hydrogen) atoms. The fourth-order valence-corrected chi connectivity index (χ4v) is 2.72. The molecule has 6 nitrogen and oxygen atoms in total.